The largest absolute Gasteiger partial charge is 0.468 e. The lowest BCUT2D eigenvalue weighted by atomic mass is 9.90. The van der Waals surface area contributed by atoms with Crippen LogP contribution in [0.3, 0.4) is 0 Å². The summed E-state index contributed by atoms with van der Waals surface area (Å²) in [5.74, 6) is -0.231. The summed E-state index contributed by atoms with van der Waals surface area (Å²) < 4.78 is 4.96. The van der Waals surface area contributed by atoms with E-state index in [1.807, 2.05) is 13.8 Å². The van der Waals surface area contributed by atoms with E-state index in [9.17, 15) is 9.59 Å². The molecule has 3 rings (SSSR count). The fraction of sp³-hybridized carbons (Fsp3) is 0.857. The van der Waals surface area contributed by atoms with Crippen molar-refractivity contribution in [3.8, 4) is 0 Å². The number of esters is 1. The SMILES string of the molecule is COC(=O)C12N(C3CCCCC3)C1(C=O)C2(C)C. The average molecular weight is 251 g/mol. The smallest absolute Gasteiger partial charge is 0.329 e. The van der Waals surface area contributed by atoms with Crippen molar-refractivity contribution in [1.29, 1.82) is 0 Å². The summed E-state index contributed by atoms with van der Waals surface area (Å²) in [6.45, 7) is 4.00. The first-order valence-electron chi connectivity index (χ1n) is 6.86. The summed E-state index contributed by atoms with van der Waals surface area (Å²) in [5.41, 5.74) is -1.50. The Balaban J connectivity index is 1.90. The molecule has 3 aliphatic rings. The van der Waals surface area contributed by atoms with Crippen LogP contribution >= 0.6 is 0 Å². The Morgan fingerprint density at radius 3 is 2.39 bits per heavy atom. The summed E-state index contributed by atoms with van der Waals surface area (Å²) in [5, 5.41) is 0. The van der Waals surface area contributed by atoms with Crippen LogP contribution in [-0.2, 0) is 14.3 Å². The van der Waals surface area contributed by atoms with Gasteiger partial charge >= 0.3 is 5.97 Å². The molecule has 1 heterocycles. The Kier molecular flexibility index (Phi) is 2.26. The van der Waals surface area contributed by atoms with Crippen molar-refractivity contribution in [2.75, 3.05) is 7.11 Å². The third kappa shape index (κ3) is 0.921. The van der Waals surface area contributed by atoms with E-state index in [0.717, 1.165) is 19.1 Å². The van der Waals surface area contributed by atoms with Crippen molar-refractivity contribution in [2.45, 2.75) is 63.1 Å². The molecule has 2 saturated carbocycles. The quantitative estimate of drug-likeness (QED) is 0.433. The highest BCUT2D eigenvalue weighted by atomic mass is 16.5. The van der Waals surface area contributed by atoms with Crippen LogP contribution < -0.4 is 0 Å². The molecule has 2 aliphatic carbocycles. The Bertz CT molecular complexity index is 413. The van der Waals surface area contributed by atoms with Gasteiger partial charge in [-0.2, -0.15) is 0 Å². The van der Waals surface area contributed by atoms with Crippen molar-refractivity contribution in [3.63, 3.8) is 0 Å². The summed E-state index contributed by atoms with van der Waals surface area (Å²) in [7, 11) is 1.42. The predicted octanol–water partition coefficient (Wildman–Crippen LogP) is 1.52. The van der Waals surface area contributed by atoms with Crippen LogP contribution in [-0.4, -0.2) is 41.4 Å². The molecule has 3 unspecified atom stereocenters. The molecule has 1 aliphatic heterocycles. The molecule has 0 amide bonds. The molecule has 0 aromatic rings. The van der Waals surface area contributed by atoms with Crippen LogP contribution in [0.15, 0.2) is 0 Å². The molecule has 0 aromatic carbocycles. The van der Waals surface area contributed by atoms with E-state index in [0.29, 0.717) is 6.04 Å². The average Bonchev–Trinajstić information content (AvgIpc) is 3.18. The zero-order valence-electron chi connectivity index (χ0n) is 11.4. The summed E-state index contributed by atoms with van der Waals surface area (Å²) in [6.07, 6.45) is 6.86. The number of carbonyl (C=O) groups is 2. The van der Waals surface area contributed by atoms with E-state index in [1.165, 1.54) is 26.4 Å². The van der Waals surface area contributed by atoms with Gasteiger partial charge in [0.1, 0.15) is 11.8 Å². The molecular weight excluding hydrogens is 230 g/mol. The van der Waals surface area contributed by atoms with Gasteiger partial charge in [0.2, 0.25) is 0 Å². The molecule has 0 bridgehead atoms. The number of carbonyl (C=O) groups excluding carboxylic acids is 2. The summed E-state index contributed by atoms with van der Waals surface area (Å²) in [6, 6.07) is 0.385. The Morgan fingerprint density at radius 1 is 1.28 bits per heavy atom. The van der Waals surface area contributed by atoms with Crippen molar-refractivity contribution in [2.24, 2.45) is 5.41 Å². The van der Waals surface area contributed by atoms with E-state index < -0.39 is 11.1 Å². The summed E-state index contributed by atoms with van der Waals surface area (Å²) in [4.78, 5) is 25.9. The highest BCUT2D eigenvalue weighted by molar-refractivity contribution is 6.07. The number of aldehydes is 1. The standard InChI is InChI=1S/C14H21NO3/c1-12(2)13(9-16)14(12,11(17)18-3)15(13)10-7-5-4-6-8-10/h9-10H,4-8H2,1-3H3. The third-order valence-electron chi connectivity index (χ3n) is 5.63. The first-order chi connectivity index (χ1) is 8.52. The van der Waals surface area contributed by atoms with Gasteiger partial charge in [-0.15, -0.1) is 0 Å². The predicted molar refractivity (Wildman–Crippen MR) is 66.0 cm³/mol. The molecule has 0 radical (unpaired) electrons. The van der Waals surface area contributed by atoms with Crippen LogP contribution in [0, 0.1) is 5.41 Å². The Hall–Kier alpha value is -0.900. The molecular formula is C14H21NO3. The highest BCUT2D eigenvalue weighted by Gasteiger charge is 3.07. The molecule has 18 heavy (non-hydrogen) atoms. The minimum absolute atomic E-state index is 0.231. The fourth-order valence-corrected chi connectivity index (χ4v) is 4.66. The zero-order chi connectivity index (χ0) is 13.2. The number of hydrogen-bond donors (Lipinski definition) is 0. The maximum Gasteiger partial charge on any atom is 0.329 e. The normalized spacial score (nSPS) is 44.9. The van der Waals surface area contributed by atoms with E-state index in [4.69, 9.17) is 4.74 Å². The maximum atomic E-state index is 12.1. The molecule has 1 saturated heterocycles. The maximum absolute atomic E-state index is 12.1. The van der Waals surface area contributed by atoms with E-state index in [-0.39, 0.29) is 11.4 Å². The van der Waals surface area contributed by atoms with Crippen molar-refractivity contribution in [3.05, 3.63) is 0 Å². The monoisotopic (exact) mass is 251 g/mol. The van der Waals surface area contributed by atoms with Crippen molar-refractivity contribution in [1.82, 2.24) is 4.90 Å². The summed E-state index contributed by atoms with van der Waals surface area (Å²) >= 11 is 0. The van der Waals surface area contributed by atoms with Crippen molar-refractivity contribution >= 4 is 12.3 Å². The molecule has 3 fully saturated rings. The van der Waals surface area contributed by atoms with E-state index in [1.54, 1.807) is 0 Å². The lowest BCUT2D eigenvalue weighted by molar-refractivity contribution is -0.146. The van der Waals surface area contributed by atoms with Gasteiger partial charge in [-0.05, 0) is 12.8 Å². The van der Waals surface area contributed by atoms with E-state index >= 15 is 0 Å². The third-order valence-corrected chi connectivity index (χ3v) is 5.63. The van der Waals surface area contributed by atoms with Gasteiger partial charge in [-0.25, -0.2) is 4.79 Å². The molecule has 0 aromatic heterocycles. The van der Waals surface area contributed by atoms with Gasteiger partial charge in [-0.1, -0.05) is 33.1 Å². The van der Waals surface area contributed by atoms with Crippen molar-refractivity contribution < 1.29 is 14.3 Å². The molecule has 0 spiro atoms. The Labute approximate surface area is 108 Å². The van der Waals surface area contributed by atoms with Crippen LogP contribution in [0.1, 0.15) is 46.0 Å². The van der Waals surface area contributed by atoms with Gasteiger partial charge in [0.15, 0.2) is 5.54 Å². The van der Waals surface area contributed by atoms with Gasteiger partial charge in [0.25, 0.3) is 0 Å². The lowest BCUT2D eigenvalue weighted by Gasteiger charge is -2.35. The van der Waals surface area contributed by atoms with Crippen LogP contribution in [0.5, 0.6) is 0 Å². The van der Waals surface area contributed by atoms with Crippen LogP contribution in [0.2, 0.25) is 0 Å². The first kappa shape index (κ1) is 12.2. The second-order valence-electron chi connectivity index (χ2n) is 6.37. The van der Waals surface area contributed by atoms with Gasteiger partial charge < -0.3 is 9.53 Å². The lowest BCUT2D eigenvalue weighted by Crippen LogP contribution is -2.46. The van der Waals surface area contributed by atoms with Gasteiger partial charge in [0, 0.05) is 11.5 Å². The minimum Gasteiger partial charge on any atom is -0.468 e. The number of nitrogens with zero attached hydrogens (tertiary/aromatic N) is 1. The second-order valence-corrected chi connectivity index (χ2v) is 6.37. The molecule has 4 heteroatoms. The number of methoxy groups -OCH3 is 1. The molecule has 100 valence electrons. The molecule has 3 atom stereocenters. The zero-order valence-corrected chi connectivity index (χ0v) is 11.4. The van der Waals surface area contributed by atoms with Gasteiger partial charge in [0.05, 0.1) is 7.11 Å². The molecule has 0 N–H and O–H groups in total. The first-order valence-corrected chi connectivity index (χ1v) is 6.86. The number of fused-ring (bicyclic) bond motifs is 1. The second kappa shape index (κ2) is 3.35. The Morgan fingerprint density at radius 2 is 1.89 bits per heavy atom. The number of hydrogen-bond acceptors (Lipinski definition) is 4. The molecule has 4 nitrogen and oxygen atoms in total. The van der Waals surface area contributed by atoms with Gasteiger partial charge in [-0.3, -0.25) is 4.90 Å². The van der Waals surface area contributed by atoms with Crippen LogP contribution in [0.25, 0.3) is 0 Å². The van der Waals surface area contributed by atoms with Crippen LogP contribution in [0.4, 0.5) is 0 Å². The minimum atomic E-state index is -0.654. The number of likely N-dealkylation sites (tertiary alicyclic amines) is 1. The number of rotatable bonds is 3. The highest BCUT2D eigenvalue weighted by Crippen LogP contribution is 2.85. The van der Waals surface area contributed by atoms with E-state index in [2.05, 4.69) is 4.90 Å². The number of ether oxygens (including phenoxy) is 1. The fourth-order valence-electron chi connectivity index (χ4n) is 4.66. The topological polar surface area (TPSA) is 46.4 Å².